The molecule has 11 heavy (non-hydrogen) atoms. The van der Waals surface area contributed by atoms with Gasteiger partial charge in [0.25, 0.3) is 0 Å². The molecule has 3 N–H and O–H groups in total. The molecule has 0 fully saturated rings. The van der Waals surface area contributed by atoms with Gasteiger partial charge >= 0.3 is 0 Å². The summed E-state index contributed by atoms with van der Waals surface area (Å²) in [6.07, 6.45) is 3.28. The van der Waals surface area contributed by atoms with Crippen molar-refractivity contribution in [3.63, 3.8) is 0 Å². The second-order valence-corrected chi connectivity index (χ2v) is 3.42. The van der Waals surface area contributed by atoms with Crippen LogP contribution in [0.1, 0.15) is 0 Å². The first-order chi connectivity index (χ1) is 5.15. The van der Waals surface area contributed by atoms with Crippen LogP contribution in [0.3, 0.4) is 0 Å². The Balaban J connectivity index is 0. The van der Waals surface area contributed by atoms with Gasteiger partial charge in [-0.25, -0.2) is 0 Å². The lowest BCUT2D eigenvalue weighted by Crippen LogP contribution is -2.21. The molecule has 0 atom stereocenters. The Morgan fingerprint density at radius 3 is 1.64 bits per heavy atom. The minimum Gasteiger partial charge on any atom is -0.395 e. The van der Waals surface area contributed by atoms with Crippen LogP contribution in [0.25, 0.3) is 0 Å². The number of hydrogen-bond donors (Lipinski definition) is 3. The number of rotatable bonds is 4. The van der Waals surface area contributed by atoms with Crippen molar-refractivity contribution in [3.8, 4) is 0 Å². The molecular weight excluding hydrogens is 166 g/mol. The number of aliphatic hydroxyl groups is 2. The first-order valence-electron chi connectivity index (χ1n) is 3.32. The predicted octanol–water partition coefficient (Wildman–Crippen LogP) is -1.44. The summed E-state index contributed by atoms with van der Waals surface area (Å²) in [5.74, 6) is 0. The molecule has 0 radical (unpaired) electrons. The third-order valence-electron chi connectivity index (χ3n) is 0.577. The smallest absolute Gasteiger partial charge is 0.0555 e. The molecule has 4 nitrogen and oxygen atoms in total. The summed E-state index contributed by atoms with van der Waals surface area (Å²) in [6.45, 7) is 1.42. The van der Waals surface area contributed by atoms with E-state index in [1.54, 1.807) is 12.5 Å². The summed E-state index contributed by atoms with van der Waals surface area (Å²) >= 11 is 0. The minimum atomic E-state index is -0.611. The third kappa shape index (κ3) is 39.8. The van der Waals surface area contributed by atoms with Gasteiger partial charge in [-0.05, 0) is 0 Å². The van der Waals surface area contributed by atoms with Gasteiger partial charge in [-0.2, -0.15) is 0 Å². The highest BCUT2D eigenvalue weighted by atomic mass is 32.2. The van der Waals surface area contributed by atoms with E-state index in [0.717, 1.165) is 0 Å². The maximum atomic E-state index is 9.56. The van der Waals surface area contributed by atoms with E-state index in [0.29, 0.717) is 13.1 Å². The highest BCUT2D eigenvalue weighted by molar-refractivity contribution is 7.83. The van der Waals surface area contributed by atoms with E-state index in [4.69, 9.17) is 10.2 Å². The SMILES string of the molecule is CS(C)=O.OCCNCCO. The van der Waals surface area contributed by atoms with Crippen molar-refractivity contribution >= 4 is 10.8 Å². The van der Waals surface area contributed by atoms with Gasteiger partial charge in [0, 0.05) is 36.4 Å². The van der Waals surface area contributed by atoms with Gasteiger partial charge in [-0.15, -0.1) is 0 Å². The van der Waals surface area contributed by atoms with Crippen molar-refractivity contribution in [3.05, 3.63) is 0 Å². The van der Waals surface area contributed by atoms with Gasteiger partial charge in [0.15, 0.2) is 0 Å². The lowest BCUT2D eigenvalue weighted by molar-refractivity contribution is 0.267. The van der Waals surface area contributed by atoms with Crippen molar-refractivity contribution in [1.29, 1.82) is 0 Å². The first kappa shape index (κ1) is 13.6. The van der Waals surface area contributed by atoms with Gasteiger partial charge in [-0.3, -0.25) is 4.21 Å². The van der Waals surface area contributed by atoms with Crippen molar-refractivity contribution in [2.45, 2.75) is 0 Å². The lowest BCUT2D eigenvalue weighted by atomic mass is 10.6. The first-order valence-corrected chi connectivity index (χ1v) is 5.29. The number of hydrogen-bond acceptors (Lipinski definition) is 4. The van der Waals surface area contributed by atoms with Crippen LogP contribution < -0.4 is 5.32 Å². The molecule has 0 heterocycles. The van der Waals surface area contributed by atoms with E-state index >= 15 is 0 Å². The van der Waals surface area contributed by atoms with Crippen LogP contribution in [0, 0.1) is 0 Å². The van der Waals surface area contributed by atoms with Gasteiger partial charge in [0.05, 0.1) is 13.2 Å². The molecule has 70 valence electrons. The number of aliphatic hydroxyl groups excluding tert-OH is 2. The quantitative estimate of drug-likeness (QED) is 0.467. The van der Waals surface area contributed by atoms with E-state index in [2.05, 4.69) is 5.32 Å². The van der Waals surface area contributed by atoms with Crippen LogP contribution in [0.15, 0.2) is 0 Å². The zero-order valence-corrected chi connectivity index (χ0v) is 7.86. The van der Waals surface area contributed by atoms with Crippen molar-refractivity contribution in [1.82, 2.24) is 5.32 Å². The molecule has 0 aromatic heterocycles. The monoisotopic (exact) mass is 183 g/mol. The lowest BCUT2D eigenvalue weighted by Gasteiger charge is -1.94. The van der Waals surface area contributed by atoms with Gasteiger partial charge in [0.1, 0.15) is 0 Å². The van der Waals surface area contributed by atoms with E-state index in [9.17, 15) is 4.21 Å². The maximum Gasteiger partial charge on any atom is 0.0555 e. The topological polar surface area (TPSA) is 69.6 Å². The van der Waals surface area contributed by atoms with Crippen molar-refractivity contribution < 1.29 is 14.4 Å². The summed E-state index contributed by atoms with van der Waals surface area (Å²) < 4.78 is 9.56. The zero-order chi connectivity index (χ0) is 9.11. The molecule has 0 spiro atoms. The normalized spacial score (nSPS) is 9.18. The summed E-state index contributed by atoms with van der Waals surface area (Å²) in [5, 5.41) is 19.1. The predicted molar refractivity (Wildman–Crippen MR) is 47.0 cm³/mol. The van der Waals surface area contributed by atoms with E-state index in [1.165, 1.54) is 0 Å². The molecule has 0 bridgehead atoms. The fraction of sp³-hybridized carbons (Fsp3) is 1.00. The molecular formula is C6H17NO3S. The Kier molecular flexibility index (Phi) is 15.7. The fourth-order valence-electron chi connectivity index (χ4n) is 0.283. The standard InChI is InChI=1S/C4H11NO2.C2H6OS/c6-3-1-5-2-4-7;1-4(2)3/h5-7H,1-4H2;1-2H3. The van der Waals surface area contributed by atoms with Gasteiger partial charge in [0.2, 0.25) is 0 Å². The molecule has 0 saturated heterocycles. The van der Waals surface area contributed by atoms with Crippen molar-refractivity contribution in [2.24, 2.45) is 0 Å². The Hall–Kier alpha value is 0.0300. The van der Waals surface area contributed by atoms with Crippen LogP contribution in [0.5, 0.6) is 0 Å². The summed E-state index contributed by atoms with van der Waals surface area (Å²) in [5.41, 5.74) is 0. The molecule has 0 aromatic carbocycles. The fourth-order valence-corrected chi connectivity index (χ4v) is 0.283. The highest BCUT2D eigenvalue weighted by Crippen LogP contribution is 1.54. The Bertz CT molecular complexity index is 81.9. The molecule has 0 amide bonds. The van der Waals surface area contributed by atoms with Crippen LogP contribution in [0.2, 0.25) is 0 Å². The second-order valence-electron chi connectivity index (χ2n) is 1.94. The summed E-state index contributed by atoms with van der Waals surface area (Å²) in [4.78, 5) is 0. The molecule has 0 unspecified atom stereocenters. The highest BCUT2D eigenvalue weighted by Gasteiger charge is 1.78. The van der Waals surface area contributed by atoms with E-state index < -0.39 is 10.8 Å². The van der Waals surface area contributed by atoms with Gasteiger partial charge < -0.3 is 15.5 Å². The number of nitrogens with one attached hydrogen (secondary N) is 1. The molecule has 0 saturated carbocycles. The van der Waals surface area contributed by atoms with E-state index in [1.807, 2.05) is 0 Å². The maximum absolute atomic E-state index is 9.56. The van der Waals surface area contributed by atoms with Crippen LogP contribution in [-0.2, 0) is 10.8 Å². The van der Waals surface area contributed by atoms with Crippen LogP contribution in [-0.4, -0.2) is 53.2 Å². The average Bonchev–Trinajstić information content (AvgIpc) is 1.88. The Labute approximate surface area is 70.1 Å². The average molecular weight is 183 g/mol. The van der Waals surface area contributed by atoms with Gasteiger partial charge in [-0.1, -0.05) is 0 Å². The van der Waals surface area contributed by atoms with Crippen LogP contribution in [0.4, 0.5) is 0 Å². The molecule has 0 aliphatic heterocycles. The third-order valence-corrected chi connectivity index (χ3v) is 0.577. The largest absolute Gasteiger partial charge is 0.395 e. The Morgan fingerprint density at radius 2 is 1.45 bits per heavy atom. The molecule has 0 aromatic rings. The van der Waals surface area contributed by atoms with Crippen molar-refractivity contribution in [2.75, 3.05) is 38.8 Å². The minimum absolute atomic E-state index is 0.139. The molecule has 0 aliphatic carbocycles. The molecule has 0 rings (SSSR count). The van der Waals surface area contributed by atoms with Crippen LogP contribution >= 0.6 is 0 Å². The zero-order valence-electron chi connectivity index (χ0n) is 7.04. The van der Waals surface area contributed by atoms with E-state index in [-0.39, 0.29) is 13.2 Å². The molecule has 0 aliphatic rings. The summed E-state index contributed by atoms with van der Waals surface area (Å²) in [6, 6.07) is 0. The summed E-state index contributed by atoms with van der Waals surface area (Å²) in [7, 11) is -0.611. The second kappa shape index (κ2) is 12.7. The Morgan fingerprint density at radius 1 is 1.18 bits per heavy atom. The molecule has 5 heteroatoms.